The molecule has 144 valence electrons. The number of hydrogen-bond donors (Lipinski definition) is 2. The van der Waals surface area contributed by atoms with Gasteiger partial charge in [-0.3, -0.25) is 4.79 Å². The van der Waals surface area contributed by atoms with E-state index in [9.17, 15) is 13.2 Å². The molecule has 6 nitrogen and oxygen atoms in total. The van der Waals surface area contributed by atoms with Gasteiger partial charge in [-0.2, -0.15) is 0 Å². The molecule has 1 aliphatic heterocycles. The number of aryl methyl sites for hydroxylation is 2. The molecule has 2 N–H and O–H groups in total. The first-order valence-electron chi connectivity index (χ1n) is 9.45. The van der Waals surface area contributed by atoms with Gasteiger partial charge in [0.15, 0.2) is 0 Å². The molecule has 1 heterocycles. The zero-order valence-electron chi connectivity index (χ0n) is 15.6. The van der Waals surface area contributed by atoms with Crippen LogP contribution in [0.4, 0.5) is 0 Å². The van der Waals surface area contributed by atoms with Crippen molar-refractivity contribution in [2.75, 3.05) is 19.6 Å². The van der Waals surface area contributed by atoms with Gasteiger partial charge in [-0.05, 0) is 51.2 Å². The van der Waals surface area contributed by atoms with Crippen molar-refractivity contribution in [2.45, 2.75) is 62.9 Å². The highest BCUT2D eigenvalue weighted by atomic mass is 32.2. The van der Waals surface area contributed by atoms with Gasteiger partial charge in [-0.15, -0.1) is 0 Å². The number of amides is 1. The van der Waals surface area contributed by atoms with Crippen LogP contribution in [0.2, 0.25) is 0 Å². The molecular weight excluding hydrogens is 350 g/mol. The first kappa shape index (κ1) is 19.3. The van der Waals surface area contributed by atoms with Gasteiger partial charge in [-0.25, -0.2) is 13.1 Å². The van der Waals surface area contributed by atoms with Crippen LogP contribution in [-0.4, -0.2) is 50.9 Å². The monoisotopic (exact) mass is 379 g/mol. The van der Waals surface area contributed by atoms with Gasteiger partial charge in [0.2, 0.25) is 15.9 Å². The highest BCUT2D eigenvalue weighted by Crippen LogP contribution is 2.29. The molecule has 0 aromatic heterocycles. The zero-order valence-corrected chi connectivity index (χ0v) is 16.4. The fraction of sp³-hybridized carbons (Fsp3) is 0.632. The van der Waals surface area contributed by atoms with Crippen LogP contribution in [0.15, 0.2) is 23.1 Å². The van der Waals surface area contributed by atoms with Gasteiger partial charge in [0.25, 0.3) is 0 Å². The third-order valence-electron chi connectivity index (χ3n) is 5.22. The molecule has 0 bridgehead atoms. The van der Waals surface area contributed by atoms with E-state index in [4.69, 9.17) is 0 Å². The van der Waals surface area contributed by atoms with Crippen molar-refractivity contribution in [1.82, 2.24) is 14.9 Å². The molecule has 0 unspecified atom stereocenters. The maximum absolute atomic E-state index is 12.4. The van der Waals surface area contributed by atoms with E-state index in [1.807, 2.05) is 13.0 Å². The minimum Gasteiger partial charge on any atom is -0.353 e. The number of piperidine rings is 1. The highest BCUT2D eigenvalue weighted by molar-refractivity contribution is 7.89. The van der Waals surface area contributed by atoms with Gasteiger partial charge in [0.05, 0.1) is 4.90 Å². The Morgan fingerprint density at radius 2 is 1.85 bits per heavy atom. The summed E-state index contributed by atoms with van der Waals surface area (Å²) in [7, 11) is -3.58. The molecule has 0 atom stereocenters. The number of nitrogens with one attached hydrogen (secondary N) is 2. The first-order valence-corrected chi connectivity index (χ1v) is 10.9. The average Bonchev–Trinajstić information content (AvgIpc) is 3.40. The summed E-state index contributed by atoms with van der Waals surface area (Å²) in [4.78, 5) is 14.9. The number of carbonyl (C=O) groups excluding carboxylic acids is 1. The minimum atomic E-state index is -3.58. The van der Waals surface area contributed by atoms with E-state index in [-0.39, 0.29) is 29.8 Å². The Morgan fingerprint density at radius 3 is 2.46 bits per heavy atom. The van der Waals surface area contributed by atoms with Crippen LogP contribution in [0.3, 0.4) is 0 Å². The Bertz CT molecular complexity index is 751. The first-order chi connectivity index (χ1) is 12.3. The van der Waals surface area contributed by atoms with Crippen molar-refractivity contribution < 1.29 is 13.2 Å². The second-order valence-corrected chi connectivity index (χ2v) is 9.26. The molecule has 2 aliphatic rings. The number of likely N-dealkylation sites (tertiary alicyclic amines) is 1. The summed E-state index contributed by atoms with van der Waals surface area (Å²) in [6.45, 7) is 5.92. The lowest BCUT2D eigenvalue weighted by Crippen LogP contribution is -2.45. The Hall–Kier alpha value is -1.44. The van der Waals surface area contributed by atoms with Crippen molar-refractivity contribution in [2.24, 2.45) is 0 Å². The average molecular weight is 380 g/mol. The number of nitrogens with zero attached hydrogens (tertiary/aromatic N) is 1. The largest absolute Gasteiger partial charge is 0.353 e. The van der Waals surface area contributed by atoms with Crippen LogP contribution in [0.5, 0.6) is 0 Å². The van der Waals surface area contributed by atoms with E-state index in [1.165, 1.54) is 12.8 Å². The van der Waals surface area contributed by atoms with E-state index in [0.717, 1.165) is 37.5 Å². The highest BCUT2D eigenvalue weighted by Gasteiger charge is 2.32. The van der Waals surface area contributed by atoms with E-state index in [2.05, 4.69) is 14.9 Å². The summed E-state index contributed by atoms with van der Waals surface area (Å²) < 4.78 is 27.3. The summed E-state index contributed by atoms with van der Waals surface area (Å²) in [6, 6.07) is 6.23. The Morgan fingerprint density at radius 1 is 1.15 bits per heavy atom. The van der Waals surface area contributed by atoms with Crippen molar-refractivity contribution >= 4 is 15.9 Å². The minimum absolute atomic E-state index is 0.0850. The van der Waals surface area contributed by atoms with Crippen LogP contribution < -0.4 is 10.0 Å². The molecule has 1 saturated heterocycles. The maximum Gasteiger partial charge on any atom is 0.240 e. The predicted molar refractivity (Wildman–Crippen MR) is 101 cm³/mol. The lowest BCUT2D eigenvalue weighted by Gasteiger charge is -2.32. The molecule has 1 saturated carbocycles. The molecule has 0 spiro atoms. The maximum atomic E-state index is 12.4. The van der Waals surface area contributed by atoms with Crippen LogP contribution in [-0.2, 0) is 14.8 Å². The topological polar surface area (TPSA) is 78.5 Å². The van der Waals surface area contributed by atoms with Crippen molar-refractivity contribution in [1.29, 1.82) is 0 Å². The summed E-state index contributed by atoms with van der Waals surface area (Å²) in [5, 5.41) is 3.04. The van der Waals surface area contributed by atoms with Crippen LogP contribution in [0.1, 0.15) is 43.2 Å². The summed E-state index contributed by atoms with van der Waals surface area (Å²) >= 11 is 0. The molecule has 3 rings (SSSR count). The predicted octanol–water partition coefficient (Wildman–Crippen LogP) is 1.71. The molecule has 1 aromatic rings. The third-order valence-corrected chi connectivity index (χ3v) is 6.84. The van der Waals surface area contributed by atoms with Crippen LogP contribution in [0.25, 0.3) is 0 Å². The zero-order chi connectivity index (χ0) is 18.7. The lowest BCUT2D eigenvalue weighted by atomic mass is 10.0. The molecule has 1 aliphatic carbocycles. The molecule has 1 amide bonds. The summed E-state index contributed by atoms with van der Waals surface area (Å²) in [5.74, 6) is -0.0850. The molecular formula is C19H29N3O3S. The summed E-state index contributed by atoms with van der Waals surface area (Å²) in [6.07, 6.45) is 4.76. The second kappa shape index (κ2) is 8.06. The standard InChI is InChI=1S/C19H29N3O3S/c1-14-3-6-18(15(2)13-14)26(24,25)20-10-7-19(23)21-16-8-11-22(12-9-16)17-4-5-17/h3,6,13,16-17,20H,4-5,7-12H2,1-2H3,(H,21,23). The molecule has 0 radical (unpaired) electrons. The van der Waals surface area contributed by atoms with Gasteiger partial charge in [-0.1, -0.05) is 17.7 Å². The van der Waals surface area contributed by atoms with Gasteiger partial charge >= 0.3 is 0 Å². The van der Waals surface area contributed by atoms with Crippen LogP contribution >= 0.6 is 0 Å². The fourth-order valence-electron chi connectivity index (χ4n) is 3.63. The van der Waals surface area contributed by atoms with E-state index in [1.54, 1.807) is 19.1 Å². The molecule has 26 heavy (non-hydrogen) atoms. The van der Waals surface area contributed by atoms with Crippen LogP contribution in [0, 0.1) is 13.8 Å². The second-order valence-electron chi connectivity index (χ2n) is 7.53. The van der Waals surface area contributed by atoms with Crippen molar-refractivity contribution in [3.05, 3.63) is 29.3 Å². The smallest absolute Gasteiger partial charge is 0.240 e. The number of carbonyl (C=O) groups is 1. The SMILES string of the molecule is Cc1ccc(S(=O)(=O)NCCC(=O)NC2CCN(C3CC3)CC2)c(C)c1. The Kier molecular flexibility index (Phi) is 5.99. The van der Waals surface area contributed by atoms with Crippen molar-refractivity contribution in [3.8, 4) is 0 Å². The summed E-state index contributed by atoms with van der Waals surface area (Å²) in [5.41, 5.74) is 1.73. The quantitative estimate of drug-likeness (QED) is 0.756. The van der Waals surface area contributed by atoms with Crippen molar-refractivity contribution in [3.63, 3.8) is 0 Å². The number of sulfonamides is 1. The number of hydrogen-bond acceptors (Lipinski definition) is 4. The number of rotatable bonds is 7. The van der Waals surface area contributed by atoms with E-state index >= 15 is 0 Å². The van der Waals surface area contributed by atoms with E-state index in [0.29, 0.717) is 5.56 Å². The molecule has 1 aromatic carbocycles. The Balaban J connectivity index is 1.41. The normalized spacial score (nSPS) is 19.5. The molecule has 2 fully saturated rings. The lowest BCUT2D eigenvalue weighted by molar-refractivity contribution is -0.121. The fourth-order valence-corrected chi connectivity index (χ4v) is 4.88. The van der Waals surface area contributed by atoms with E-state index < -0.39 is 10.0 Å². The van der Waals surface area contributed by atoms with Gasteiger partial charge < -0.3 is 10.2 Å². The number of benzene rings is 1. The molecule has 7 heteroatoms. The van der Waals surface area contributed by atoms with Gasteiger partial charge in [0, 0.05) is 38.1 Å². The Labute approximate surface area is 156 Å². The van der Waals surface area contributed by atoms with Gasteiger partial charge in [0.1, 0.15) is 0 Å². The third kappa shape index (κ3) is 5.05.